The second kappa shape index (κ2) is 6.97. The number of anilines is 1. The molecular weight excluding hydrogens is 265 g/mol. The molecule has 0 unspecified atom stereocenters. The molecule has 114 valence electrons. The van der Waals surface area contributed by atoms with Crippen molar-refractivity contribution >= 4 is 5.69 Å². The van der Waals surface area contributed by atoms with Crippen LogP contribution in [0.15, 0.2) is 18.2 Å². The normalized spacial score (nSPS) is 12.0. The molecule has 1 aromatic rings. The van der Waals surface area contributed by atoms with Crippen LogP contribution in [0.4, 0.5) is 18.9 Å². The zero-order valence-corrected chi connectivity index (χ0v) is 12.5. The molecule has 0 aromatic heterocycles. The van der Waals surface area contributed by atoms with Gasteiger partial charge in [-0.2, -0.15) is 13.2 Å². The second-order valence-corrected chi connectivity index (χ2v) is 5.47. The van der Waals surface area contributed by atoms with Crippen molar-refractivity contribution in [1.82, 2.24) is 5.32 Å². The van der Waals surface area contributed by atoms with Crippen LogP contribution < -0.4 is 10.2 Å². The zero-order chi connectivity index (χ0) is 15.3. The summed E-state index contributed by atoms with van der Waals surface area (Å²) in [4.78, 5) is 1.87. The monoisotopic (exact) mass is 288 g/mol. The predicted octanol–water partition coefficient (Wildman–Crippen LogP) is 3.91. The number of rotatable bonds is 6. The number of hydrogen-bond acceptors (Lipinski definition) is 2. The quantitative estimate of drug-likeness (QED) is 0.854. The summed E-state index contributed by atoms with van der Waals surface area (Å²) < 4.78 is 39.2. The molecule has 5 heteroatoms. The van der Waals surface area contributed by atoms with Crippen molar-refractivity contribution in [2.24, 2.45) is 5.92 Å². The molecule has 0 amide bonds. The summed E-state index contributed by atoms with van der Waals surface area (Å²) in [6, 6.07) is 4.55. The standard InChI is InChI=1S/C15H23F3N2/c1-11(2)7-8-20(4)13-6-5-12(10-19-3)14(9-13)15(16,17)18/h5-6,9,11,19H,7-8,10H2,1-4H3. The Bertz CT molecular complexity index is 428. The van der Waals surface area contributed by atoms with Crippen LogP contribution in [0, 0.1) is 5.92 Å². The van der Waals surface area contributed by atoms with Crippen LogP contribution in [0.5, 0.6) is 0 Å². The number of nitrogens with zero attached hydrogens (tertiary/aromatic N) is 1. The van der Waals surface area contributed by atoms with Gasteiger partial charge in [-0.15, -0.1) is 0 Å². The molecule has 0 saturated heterocycles. The minimum absolute atomic E-state index is 0.213. The minimum atomic E-state index is -4.32. The van der Waals surface area contributed by atoms with Crippen LogP contribution >= 0.6 is 0 Å². The zero-order valence-electron chi connectivity index (χ0n) is 12.5. The molecule has 1 rings (SSSR count). The van der Waals surface area contributed by atoms with E-state index in [0.29, 0.717) is 11.6 Å². The predicted molar refractivity (Wildman–Crippen MR) is 76.9 cm³/mol. The molecule has 0 aliphatic carbocycles. The maximum absolute atomic E-state index is 13.1. The molecule has 0 radical (unpaired) electrons. The summed E-state index contributed by atoms with van der Waals surface area (Å²) in [5, 5.41) is 2.77. The maximum Gasteiger partial charge on any atom is 0.416 e. The van der Waals surface area contributed by atoms with Crippen molar-refractivity contribution < 1.29 is 13.2 Å². The van der Waals surface area contributed by atoms with Gasteiger partial charge in [0.15, 0.2) is 0 Å². The van der Waals surface area contributed by atoms with Crippen molar-refractivity contribution in [1.29, 1.82) is 0 Å². The van der Waals surface area contributed by atoms with E-state index in [-0.39, 0.29) is 12.1 Å². The van der Waals surface area contributed by atoms with Crippen molar-refractivity contribution in [3.05, 3.63) is 29.3 Å². The lowest BCUT2D eigenvalue weighted by Crippen LogP contribution is -2.21. The molecule has 20 heavy (non-hydrogen) atoms. The van der Waals surface area contributed by atoms with Crippen LogP contribution in [0.2, 0.25) is 0 Å². The molecule has 2 nitrogen and oxygen atoms in total. The number of halogens is 3. The van der Waals surface area contributed by atoms with Crippen LogP contribution in [-0.2, 0) is 12.7 Å². The molecule has 1 aromatic carbocycles. The van der Waals surface area contributed by atoms with Crippen LogP contribution in [0.25, 0.3) is 0 Å². The van der Waals surface area contributed by atoms with Crippen molar-refractivity contribution in [3.63, 3.8) is 0 Å². The van der Waals surface area contributed by atoms with Crippen molar-refractivity contribution in [2.75, 3.05) is 25.5 Å². The second-order valence-electron chi connectivity index (χ2n) is 5.47. The molecule has 0 aliphatic rings. The fraction of sp³-hybridized carbons (Fsp3) is 0.600. The highest BCUT2D eigenvalue weighted by Crippen LogP contribution is 2.34. The van der Waals surface area contributed by atoms with Gasteiger partial charge < -0.3 is 10.2 Å². The molecule has 0 fully saturated rings. The van der Waals surface area contributed by atoms with Gasteiger partial charge in [-0.05, 0) is 37.1 Å². The molecular formula is C15H23F3N2. The van der Waals surface area contributed by atoms with E-state index < -0.39 is 11.7 Å². The van der Waals surface area contributed by atoms with Crippen molar-refractivity contribution in [2.45, 2.75) is 33.0 Å². The fourth-order valence-corrected chi connectivity index (χ4v) is 1.99. The molecule has 1 N–H and O–H groups in total. The Labute approximate surface area is 119 Å². The summed E-state index contributed by atoms with van der Waals surface area (Å²) in [5.41, 5.74) is 0.333. The lowest BCUT2D eigenvalue weighted by molar-refractivity contribution is -0.138. The Hall–Kier alpha value is -1.23. The van der Waals surface area contributed by atoms with E-state index in [9.17, 15) is 13.2 Å². The highest BCUT2D eigenvalue weighted by molar-refractivity contribution is 5.51. The van der Waals surface area contributed by atoms with Gasteiger partial charge in [0.05, 0.1) is 5.56 Å². The Morgan fingerprint density at radius 2 is 1.90 bits per heavy atom. The minimum Gasteiger partial charge on any atom is -0.375 e. The topological polar surface area (TPSA) is 15.3 Å². The number of nitrogens with one attached hydrogen (secondary N) is 1. The lowest BCUT2D eigenvalue weighted by atomic mass is 10.0. The summed E-state index contributed by atoms with van der Waals surface area (Å²) in [7, 11) is 3.47. The van der Waals surface area contributed by atoms with Gasteiger partial charge in [-0.3, -0.25) is 0 Å². The van der Waals surface area contributed by atoms with E-state index in [1.54, 1.807) is 19.2 Å². The number of alkyl halides is 3. The molecule has 0 saturated carbocycles. The Balaban J connectivity index is 3.00. The first-order chi connectivity index (χ1) is 9.25. The first-order valence-electron chi connectivity index (χ1n) is 6.81. The van der Waals surface area contributed by atoms with Gasteiger partial charge in [-0.1, -0.05) is 19.9 Å². The van der Waals surface area contributed by atoms with Crippen LogP contribution in [0.3, 0.4) is 0 Å². The first-order valence-corrected chi connectivity index (χ1v) is 6.81. The van der Waals surface area contributed by atoms with E-state index in [4.69, 9.17) is 0 Å². The molecule has 0 aliphatic heterocycles. The average Bonchev–Trinajstić information content (AvgIpc) is 2.35. The van der Waals surface area contributed by atoms with Gasteiger partial charge >= 0.3 is 6.18 Å². The van der Waals surface area contributed by atoms with Gasteiger partial charge in [-0.25, -0.2) is 0 Å². The smallest absolute Gasteiger partial charge is 0.375 e. The first kappa shape index (κ1) is 16.8. The Morgan fingerprint density at radius 1 is 1.25 bits per heavy atom. The summed E-state index contributed by atoms with van der Waals surface area (Å²) in [6.45, 7) is 5.17. The SMILES string of the molecule is CNCc1ccc(N(C)CCC(C)C)cc1C(F)(F)F. The average molecular weight is 288 g/mol. The van der Waals surface area contributed by atoms with Crippen molar-refractivity contribution in [3.8, 4) is 0 Å². The lowest BCUT2D eigenvalue weighted by Gasteiger charge is -2.23. The third-order valence-electron chi connectivity index (χ3n) is 3.25. The number of hydrogen-bond donors (Lipinski definition) is 1. The largest absolute Gasteiger partial charge is 0.416 e. The van der Waals surface area contributed by atoms with E-state index in [2.05, 4.69) is 19.2 Å². The van der Waals surface area contributed by atoms with E-state index in [1.165, 1.54) is 6.07 Å². The van der Waals surface area contributed by atoms with Gasteiger partial charge in [0.1, 0.15) is 0 Å². The van der Waals surface area contributed by atoms with Gasteiger partial charge in [0.2, 0.25) is 0 Å². The fourth-order valence-electron chi connectivity index (χ4n) is 1.99. The molecule has 0 spiro atoms. The molecule has 0 bridgehead atoms. The van der Waals surface area contributed by atoms with Crippen LogP contribution in [0.1, 0.15) is 31.4 Å². The third-order valence-corrected chi connectivity index (χ3v) is 3.25. The Morgan fingerprint density at radius 3 is 2.40 bits per heavy atom. The third kappa shape index (κ3) is 4.71. The Kier molecular flexibility index (Phi) is 5.87. The number of benzene rings is 1. The summed E-state index contributed by atoms with van der Waals surface area (Å²) in [6.07, 6.45) is -3.36. The van der Waals surface area contributed by atoms with E-state index in [0.717, 1.165) is 13.0 Å². The van der Waals surface area contributed by atoms with E-state index in [1.807, 2.05) is 11.9 Å². The summed E-state index contributed by atoms with van der Waals surface area (Å²) in [5.74, 6) is 0.531. The van der Waals surface area contributed by atoms with Gasteiger partial charge in [0, 0.05) is 25.8 Å². The highest BCUT2D eigenvalue weighted by Gasteiger charge is 2.33. The summed E-state index contributed by atoms with van der Waals surface area (Å²) >= 11 is 0. The highest BCUT2D eigenvalue weighted by atomic mass is 19.4. The van der Waals surface area contributed by atoms with E-state index >= 15 is 0 Å². The molecule has 0 heterocycles. The maximum atomic E-state index is 13.1. The van der Waals surface area contributed by atoms with Crippen LogP contribution in [-0.4, -0.2) is 20.6 Å². The van der Waals surface area contributed by atoms with Gasteiger partial charge in [0.25, 0.3) is 0 Å². The molecule has 0 atom stereocenters.